The fourth-order valence-electron chi connectivity index (χ4n) is 3.66. The average molecular weight is 381 g/mol. The van der Waals surface area contributed by atoms with Crippen LogP contribution in [0, 0.1) is 0 Å². The van der Waals surface area contributed by atoms with Crippen molar-refractivity contribution in [1.82, 2.24) is 15.1 Å². The summed E-state index contributed by atoms with van der Waals surface area (Å²) in [7, 11) is 0. The van der Waals surface area contributed by atoms with Crippen molar-refractivity contribution < 1.29 is 14.4 Å². The lowest BCUT2D eigenvalue weighted by Crippen LogP contribution is -2.41. The summed E-state index contributed by atoms with van der Waals surface area (Å²) in [6.45, 7) is 7.78. The summed E-state index contributed by atoms with van der Waals surface area (Å²) in [5.74, 6) is -0.612. The van der Waals surface area contributed by atoms with Crippen LogP contribution in [0.5, 0.6) is 0 Å². The van der Waals surface area contributed by atoms with E-state index in [4.69, 9.17) is 0 Å². The molecule has 0 saturated carbocycles. The minimum atomic E-state index is -0.281. The molecule has 0 radical (unpaired) electrons. The van der Waals surface area contributed by atoms with Crippen LogP contribution in [0.4, 0.5) is 0 Å². The molecule has 6 heteroatoms. The van der Waals surface area contributed by atoms with E-state index >= 15 is 0 Å². The van der Waals surface area contributed by atoms with Crippen LogP contribution in [-0.2, 0) is 4.79 Å². The molecular weight excluding hydrogens is 354 g/mol. The first-order valence-corrected chi connectivity index (χ1v) is 9.93. The van der Waals surface area contributed by atoms with Gasteiger partial charge in [0.05, 0.1) is 0 Å². The molecule has 0 spiro atoms. The zero-order chi connectivity index (χ0) is 20.1. The van der Waals surface area contributed by atoms with Crippen molar-refractivity contribution in [2.45, 2.75) is 26.7 Å². The maximum Gasteiger partial charge on any atom is 0.261 e. The van der Waals surface area contributed by atoms with Gasteiger partial charge in [-0.15, -0.1) is 0 Å². The Labute approximate surface area is 165 Å². The quantitative estimate of drug-likeness (QED) is 0.678. The van der Waals surface area contributed by atoms with Crippen molar-refractivity contribution in [2.75, 3.05) is 32.7 Å². The first kappa shape index (κ1) is 20.0. The molecule has 28 heavy (non-hydrogen) atoms. The molecule has 0 unspecified atom stereocenters. The summed E-state index contributed by atoms with van der Waals surface area (Å²) in [6, 6.07) is 11.0. The lowest BCUT2D eigenvalue weighted by atomic mass is 9.94. The maximum absolute atomic E-state index is 12.8. The van der Waals surface area contributed by atoms with Crippen LogP contribution in [0.2, 0.25) is 0 Å². The fourth-order valence-corrected chi connectivity index (χ4v) is 3.66. The number of imide groups is 1. The zero-order valence-electron chi connectivity index (χ0n) is 16.5. The van der Waals surface area contributed by atoms with Crippen molar-refractivity contribution in [1.29, 1.82) is 0 Å². The average Bonchev–Trinajstić information content (AvgIpc) is 2.71. The van der Waals surface area contributed by atoms with E-state index in [-0.39, 0.29) is 24.3 Å². The molecule has 1 N–H and O–H groups in total. The van der Waals surface area contributed by atoms with Crippen molar-refractivity contribution in [2.24, 2.45) is 0 Å². The van der Waals surface area contributed by atoms with Crippen LogP contribution in [0.25, 0.3) is 10.8 Å². The highest BCUT2D eigenvalue weighted by Crippen LogP contribution is 2.29. The van der Waals surface area contributed by atoms with Crippen LogP contribution in [0.1, 0.15) is 47.4 Å². The van der Waals surface area contributed by atoms with Gasteiger partial charge < -0.3 is 10.2 Å². The standard InChI is InChI=1S/C22H27N3O3/c1-3-24(4-2)15-13-23-19(26)12-7-14-25-21(27)17-10-5-8-16-9-6-11-18(20(16)17)22(25)28/h5-6,8-11H,3-4,7,12-15H2,1-2H3,(H,23,26). The van der Waals surface area contributed by atoms with Crippen LogP contribution >= 0.6 is 0 Å². The first-order valence-electron chi connectivity index (χ1n) is 9.93. The normalized spacial score (nSPS) is 13.5. The van der Waals surface area contributed by atoms with E-state index < -0.39 is 0 Å². The number of carbonyl (C=O) groups is 3. The molecular formula is C22H27N3O3. The highest BCUT2D eigenvalue weighted by molar-refractivity contribution is 6.25. The Morgan fingerprint density at radius 2 is 1.61 bits per heavy atom. The molecule has 2 aromatic carbocycles. The van der Waals surface area contributed by atoms with Gasteiger partial charge >= 0.3 is 0 Å². The predicted octanol–water partition coefficient (Wildman–Crippen LogP) is 2.67. The molecule has 6 nitrogen and oxygen atoms in total. The molecule has 0 bridgehead atoms. The Morgan fingerprint density at radius 3 is 2.18 bits per heavy atom. The summed E-state index contributed by atoms with van der Waals surface area (Å²) < 4.78 is 0. The second kappa shape index (κ2) is 8.97. The number of carbonyl (C=O) groups excluding carboxylic acids is 3. The van der Waals surface area contributed by atoms with Crippen LogP contribution in [0.15, 0.2) is 36.4 Å². The third kappa shape index (κ3) is 4.07. The van der Waals surface area contributed by atoms with Gasteiger partial charge in [0.2, 0.25) is 5.91 Å². The molecule has 1 heterocycles. The Balaban J connectivity index is 1.57. The van der Waals surface area contributed by atoms with Gasteiger partial charge in [0.1, 0.15) is 0 Å². The van der Waals surface area contributed by atoms with E-state index in [2.05, 4.69) is 24.1 Å². The second-order valence-corrected chi connectivity index (χ2v) is 6.95. The molecule has 0 fully saturated rings. The van der Waals surface area contributed by atoms with E-state index in [1.807, 2.05) is 24.3 Å². The number of rotatable bonds is 9. The maximum atomic E-state index is 12.8. The van der Waals surface area contributed by atoms with E-state index in [0.717, 1.165) is 30.4 Å². The van der Waals surface area contributed by atoms with Gasteiger partial charge in [-0.1, -0.05) is 38.1 Å². The summed E-state index contributed by atoms with van der Waals surface area (Å²) in [5.41, 5.74) is 1.10. The molecule has 0 aromatic heterocycles. The Morgan fingerprint density at radius 1 is 1.00 bits per heavy atom. The van der Waals surface area contributed by atoms with Crippen molar-refractivity contribution in [3.63, 3.8) is 0 Å². The molecule has 148 valence electrons. The van der Waals surface area contributed by atoms with E-state index in [1.165, 1.54) is 4.90 Å². The summed E-state index contributed by atoms with van der Waals surface area (Å²) >= 11 is 0. The highest BCUT2D eigenvalue weighted by atomic mass is 16.2. The van der Waals surface area contributed by atoms with Crippen molar-refractivity contribution in [3.05, 3.63) is 47.5 Å². The lowest BCUT2D eigenvalue weighted by Gasteiger charge is -2.27. The van der Waals surface area contributed by atoms with Crippen molar-refractivity contribution in [3.8, 4) is 0 Å². The van der Waals surface area contributed by atoms with E-state index in [9.17, 15) is 14.4 Å². The minimum absolute atomic E-state index is 0.0495. The number of hydrogen-bond acceptors (Lipinski definition) is 4. The van der Waals surface area contributed by atoms with Gasteiger partial charge in [-0.3, -0.25) is 19.3 Å². The van der Waals surface area contributed by atoms with E-state index in [1.54, 1.807) is 12.1 Å². The SMILES string of the molecule is CCN(CC)CCNC(=O)CCCN1C(=O)c2cccc3cccc(c23)C1=O. The fraction of sp³-hybridized carbons (Fsp3) is 0.409. The number of hydrogen-bond donors (Lipinski definition) is 1. The smallest absolute Gasteiger partial charge is 0.261 e. The van der Waals surface area contributed by atoms with Crippen LogP contribution < -0.4 is 5.32 Å². The molecule has 2 aromatic rings. The molecule has 0 atom stereocenters. The topological polar surface area (TPSA) is 69.7 Å². The monoisotopic (exact) mass is 381 g/mol. The number of benzene rings is 2. The number of amides is 3. The van der Waals surface area contributed by atoms with Gasteiger partial charge in [-0.05, 0) is 37.0 Å². The predicted molar refractivity (Wildman–Crippen MR) is 109 cm³/mol. The Hall–Kier alpha value is -2.73. The third-order valence-electron chi connectivity index (χ3n) is 5.29. The highest BCUT2D eigenvalue weighted by Gasteiger charge is 2.32. The third-order valence-corrected chi connectivity index (χ3v) is 5.29. The zero-order valence-corrected chi connectivity index (χ0v) is 16.5. The number of nitrogens with one attached hydrogen (secondary N) is 1. The lowest BCUT2D eigenvalue weighted by molar-refractivity contribution is -0.121. The summed E-state index contributed by atoms with van der Waals surface area (Å²) in [5, 5.41) is 4.52. The van der Waals surface area contributed by atoms with Gasteiger partial charge in [0, 0.05) is 42.6 Å². The number of nitrogens with zero attached hydrogens (tertiary/aromatic N) is 2. The van der Waals surface area contributed by atoms with E-state index in [0.29, 0.717) is 30.5 Å². The van der Waals surface area contributed by atoms with Crippen LogP contribution in [-0.4, -0.2) is 60.2 Å². The van der Waals surface area contributed by atoms with Crippen molar-refractivity contribution >= 4 is 28.5 Å². The van der Waals surface area contributed by atoms with Gasteiger partial charge in [0.15, 0.2) is 0 Å². The molecule has 0 aliphatic carbocycles. The minimum Gasteiger partial charge on any atom is -0.355 e. The first-order chi connectivity index (χ1) is 13.6. The number of likely N-dealkylation sites (N-methyl/N-ethyl adjacent to an activating group) is 1. The largest absolute Gasteiger partial charge is 0.355 e. The summed E-state index contributed by atoms with van der Waals surface area (Å²) in [6.07, 6.45) is 0.744. The summed E-state index contributed by atoms with van der Waals surface area (Å²) in [4.78, 5) is 41.1. The molecule has 1 aliphatic rings. The van der Waals surface area contributed by atoms with Gasteiger partial charge in [-0.2, -0.15) is 0 Å². The van der Waals surface area contributed by atoms with Crippen LogP contribution in [0.3, 0.4) is 0 Å². The van der Waals surface area contributed by atoms with Gasteiger partial charge in [0.25, 0.3) is 11.8 Å². The Kier molecular flexibility index (Phi) is 6.41. The second-order valence-electron chi connectivity index (χ2n) is 6.95. The molecule has 1 aliphatic heterocycles. The molecule has 0 saturated heterocycles. The van der Waals surface area contributed by atoms with Gasteiger partial charge in [-0.25, -0.2) is 0 Å². The molecule has 3 rings (SSSR count). The Bertz CT molecular complexity index is 839. The molecule has 3 amide bonds.